The first-order chi connectivity index (χ1) is 9.63. The molecule has 1 fully saturated rings. The van der Waals surface area contributed by atoms with Gasteiger partial charge in [-0.2, -0.15) is 0 Å². The molecule has 20 heavy (non-hydrogen) atoms. The zero-order chi connectivity index (χ0) is 14.5. The van der Waals surface area contributed by atoms with Gasteiger partial charge in [-0.3, -0.25) is 4.79 Å². The van der Waals surface area contributed by atoms with Crippen LogP contribution < -0.4 is 5.73 Å². The Morgan fingerprint density at radius 3 is 3.20 bits per heavy atom. The van der Waals surface area contributed by atoms with Gasteiger partial charge in [0.25, 0.3) is 5.91 Å². The van der Waals surface area contributed by atoms with E-state index in [0.29, 0.717) is 19.7 Å². The van der Waals surface area contributed by atoms with Crippen LogP contribution in [-0.2, 0) is 4.74 Å². The molecule has 1 unspecified atom stereocenters. The number of halogens is 1. The van der Waals surface area contributed by atoms with E-state index < -0.39 is 5.82 Å². The summed E-state index contributed by atoms with van der Waals surface area (Å²) in [6.45, 7) is 3.84. The van der Waals surface area contributed by atoms with Crippen LogP contribution in [0.25, 0.3) is 0 Å². The number of likely N-dealkylation sites (tertiary alicyclic amines) is 1. The summed E-state index contributed by atoms with van der Waals surface area (Å²) in [5, 5.41) is 0. The van der Waals surface area contributed by atoms with Gasteiger partial charge in [-0.1, -0.05) is 6.92 Å². The molecule has 1 aliphatic rings. The fourth-order valence-electron chi connectivity index (χ4n) is 2.34. The molecule has 1 amide bonds. The van der Waals surface area contributed by atoms with Crippen LogP contribution in [0.15, 0.2) is 12.3 Å². The molecule has 110 valence electrons. The topological polar surface area (TPSA) is 68.5 Å². The van der Waals surface area contributed by atoms with Crippen molar-refractivity contribution in [3.8, 4) is 0 Å². The van der Waals surface area contributed by atoms with Crippen molar-refractivity contribution in [3.63, 3.8) is 0 Å². The third-order valence-corrected chi connectivity index (χ3v) is 3.37. The number of ether oxygens (including phenoxy) is 1. The highest BCUT2D eigenvalue weighted by atomic mass is 19.1. The van der Waals surface area contributed by atoms with E-state index in [1.54, 1.807) is 4.90 Å². The van der Waals surface area contributed by atoms with Crippen LogP contribution in [0.2, 0.25) is 0 Å². The summed E-state index contributed by atoms with van der Waals surface area (Å²) >= 11 is 0. The van der Waals surface area contributed by atoms with Crippen LogP contribution >= 0.6 is 0 Å². The predicted octanol–water partition coefficient (Wildman–Crippen LogP) is 1.83. The maximum atomic E-state index is 13.8. The first-order valence-corrected chi connectivity index (χ1v) is 6.94. The third-order valence-electron chi connectivity index (χ3n) is 3.37. The van der Waals surface area contributed by atoms with Gasteiger partial charge in [-0.25, -0.2) is 9.37 Å². The van der Waals surface area contributed by atoms with Crippen molar-refractivity contribution < 1.29 is 13.9 Å². The van der Waals surface area contributed by atoms with E-state index in [4.69, 9.17) is 10.5 Å². The van der Waals surface area contributed by atoms with E-state index >= 15 is 0 Å². The minimum absolute atomic E-state index is 0.0198. The van der Waals surface area contributed by atoms with Gasteiger partial charge in [-0.05, 0) is 25.3 Å². The van der Waals surface area contributed by atoms with Gasteiger partial charge in [0, 0.05) is 25.9 Å². The second-order valence-corrected chi connectivity index (χ2v) is 4.94. The Morgan fingerprint density at radius 2 is 2.45 bits per heavy atom. The first kappa shape index (κ1) is 14.7. The quantitative estimate of drug-likeness (QED) is 0.914. The van der Waals surface area contributed by atoms with Crippen LogP contribution in [0.3, 0.4) is 0 Å². The smallest absolute Gasteiger partial charge is 0.257 e. The van der Waals surface area contributed by atoms with Crippen molar-refractivity contribution in [2.75, 3.05) is 25.4 Å². The largest absolute Gasteiger partial charge is 0.381 e. The van der Waals surface area contributed by atoms with E-state index in [1.165, 1.54) is 12.3 Å². The highest BCUT2D eigenvalue weighted by molar-refractivity contribution is 5.95. The summed E-state index contributed by atoms with van der Waals surface area (Å²) in [6, 6.07) is 1.37. The zero-order valence-corrected chi connectivity index (χ0v) is 11.6. The highest BCUT2D eigenvalue weighted by Crippen LogP contribution is 2.19. The summed E-state index contributed by atoms with van der Waals surface area (Å²) in [5.41, 5.74) is 5.38. The fourth-order valence-corrected chi connectivity index (χ4v) is 2.34. The fraction of sp³-hybridized carbons (Fsp3) is 0.571. The maximum Gasteiger partial charge on any atom is 0.257 e. The molecule has 2 N–H and O–H groups in total. The SMILES string of the molecule is CCCOC1CCCN(C(=O)c2ccnc(N)c2F)C1. The zero-order valence-electron chi connectivity index (χ0n) is 11.6. The van der Waals surface area contributed by atoms with Crippen molar-refractivity contribution in [2.45, 2.75) is 32.3 Å². The Kier molecular flexibility index (Phi) is 4.89. The number of amides is 1. The number of aromatic nitrogens is 1. The van der Waals surface area contributed by atoms with Crippen molar-refractivity contribution in [1.82, 2.24) is 9.88 Å². The molecule has 1 aromatic heterocycles. The molecule has 1 aliphatic heterocycles. The van der Waals surface area contributed by atoms with Gasteiger partial charge in [0.15, 0.2) is 11.6 Å². The Hall–Kier alpha value is -1.69. The molecule has 1 aromatic rings. The Morgan fingerprint density at radius 1 is 1.65 bits per heavy atom. The van der Waals surface area contributed by atoms with E-state index in [0.717, 1.165) is 19.3 Å². The molecule has 1 atom stereocenters. The predicted molar refractivity (Wildman–Crippen MR) is 73.8 cm³/mol. The minimum Gasteiger partial charge on any atom is -0.381 e. The van der Waals surface area contributed by atoms with E-state index in [1.807, 2.05) is 6.92 Å². The third kappa shape index (κ3) is 3.25. The molecule has 0 spiro atoms. The molecule has 0 saturated carbocycles. The van der Waals surface area contributed by atoms with Gasteiger partial charge in [0.1, 0.15) is 0 Å². The molecule has 1 saturated heterocycles. The summed E-state index contributed by atoms with van der Waals surface area (Å²) in [4.78, 5) is 17.6. The Labute approximate surface area is 117 Å². The second-order valence-electron chi connectivity index (χ2n) is 4.94. The molecule has 2 rings (SSSR count). The Balaban J connectivity index is 2.06. The number of nitrogen functional groups attached to an aromatic ring is 1. The van der Waals surface area contributed by atoms with Crippen molar-refractivity contribution in [3.05, 3.63) is 23.6 Å². The summed E-state index contributed by atoms with van der Waals surface area (Å²) in [6.07, 6.45) is 4.13. The van der Waals surface area contributed by atoms with Crippen LogP contribution in [0, 0.1) is 5.82 Å². The number of nitrogens with zero attached hydrogens (tertiary/aromatic N) is 2. The minimum atomic E-state index is -0.742. The Bertz CT molecular complexity index is 481. The number of carbonyl (C=O) groups is 1. The van der Waals surface area contributed by atoms with Crippen LogP contribution in [0.5, 0.6) is 0 Å². The molecule has 0 aromatic carbocycles. The van der Waals surface area contributed by atoms with Crippen molar-refractivity contribution in [2.24, 2.45) is 0 Å². The molecule has 2 heterocycles. The van der Waals surface area contributed by atoms with E-state index in [2.05, 4.69) is 4.98 Å². The molecule has 0 aliphatic carbocycles. The molecule has 0 radical (unpaired) electrons. The second kappa shape index (κ2) is 6.65. The van der Waals surface area contributed by atoms with Gasteiger partial charge in [0.05, 0.1) is 11.7 Å². The molecule has 0 bridgehead atoms. The number of pyridine rings is 1. The molecular weight excluding hydrogens is 261 g/mol. The van der Waals surface area contributed by atoms with Crippen molar-refractivity contribution >= 4 is 11.7 Å². The summed E-state index contributed by atoms with van der Waals surface area (Å²) in [7, 11) is 0. The van der Waals surface area contributed by atoms with Crippen LogP contribution in [0.4, 0.5) is 10.2 Å². The van der Waals surface area contributed by atoms with Gasteiger partial charge in [-0.15, -0.1) is 0 Å². The number of hydrogen-bond donors (Lipinski definition) is 1. The lowest BCUT2D eigenvalue weighted by Crippen LogP contribution is -2.43. The standard InChI is InChI=1S/C14H20FN3O2/c1-2-8-20-10-4-3-7-18(9-10)14(19)11-5-6-17-13(16)12(11)15/h5-6,10H,2-4,7-9H2,1H3,(H2,16,17). The highest BCUT2D eigenvalue weighted by Gasteiger charge is 2.27. The van der Waals surface area contributed by atoms with Crippen molar-refractivity contribution in [1.29, 1.82) is 0 Å². The lowest BCUT2D eigenvalue weighted by molar-refractivity contribution is 0.00196. The monoisotopic (exact) mass is 281 g/mol. The lowest BCUT2D eigenvalue weighted by Gasteiger charge is -2.32. The number of hydrogen-bond acceptors (Lipinski definition) is 4. The molecular formula is C14H20FN3O2. The molecule has 5 nitrogen and oxygen atoms in total. The number of carbonyl (C=O) groups excluding carboxylic acids is 1. The van der Waals surface area contributed by atoms with E-state index in [9.17, 15) is 9.18 Å². The van der Waals surface area contributed by atoms with E-state index in [-0.39, 0.29) is 23.4 Å². The van der Waals surface area contributed by atoms with Crippen LogP contribution in [0.1, 0.15) is 36.5 Å². The average molecular weight is 281 g/mol. The van der Waals surface area contributed by atoms with Gasteiger partial charge < -0.3 is 15.4 Å². The number of nitrogens with two attached hydrogens (primary N) is 1. The summed E-state index contributed by atoms with van der Waals surface area (Å²) in [5.74, 6) is -1.33. The number of rotatable bonds is 4. The van der Waals surface area contributed by atoms with Gasteiger partial charge >= 0.3 is 0 Å². The molecule has 6 heteroatoms. The normalized spacial score (nSPS) is 19.1. The average Bonchev–Trinajstić information content (AvgIpc) is 2.47. The maximum absolute atomic E-state index is 13.8. The summed E-state index contributed by atoms with van der Waals surface area (Å²) < 4.78 is 19.5. The number of piperidine rings is 1. The van der Waals surface area contributed by atoms with Crippen LogP contribution in [-0.4, -0.2) is 41.6 Å². The first-order valence-electron chi connectivity index (χ1n) is 6.94. The number of anilines is 1. The van der Waals surface area contributed by atoms with Gasteiger partial charge in [0.2, 0.25) is 0 Å². The lowest BCUT2D eigenvalue weighted by atomic mass is 10.1.